The van der Waals surface area contributed by atoms with Crippen molar-refractivity contribution < 1.29 is 9.53 Å². The lowest BCUT2D eigenvalue weighted by atomic mass is 10.3. The van der Waals surface area contributed by atoms with Crippen LogP contribution in [-0.2, 0) is 16.1 Å². The summed E-state index contributed by atoms with van der Waals surface area (Å²) in [5.74, 6) is -0.170. The lowest BCUT2D eigenvalue weighted by Crippen LogP contribution is -2.39. The molecule has 0 fully saturated rings. The molecule has 0 aliphatic rings. The van der Waals surface area contributed by atoms with Gasteiger partial charge in [-0.05, 0) is 29.3 Å². The first kappa shape index (κ1) is 17.6. The Kier molecular flexibility index (Phi) is 7.38. The Balaban J connectivity index is 2.72. The van der Waals surface area contributed by atoms with E-state index in [-0.39, 0.29) is 11.5 Å². The molecule has 2 N–H and O–H groups in total. The fourth-order valence-electron chi connectivity index (χ4n) is 1.66. The summed E-state index contributed by atoms with van der Waals surface area (Å²) in [6, 6.07) is -0.485. The quantitative estimate of drug-likeness (QED) is 0.675. The van der Waals surface area contributed by atoms with Gasteiger partial charge in [0.1, 0.15) is 10.5 Å². The van der Waals surface area contributed by atoms with Gasteiger partial charge in [-0.1, -0.05) is 6.92 Å². The third-order valence-corrected chi connectivity index (χ3v) is 3.56. The van der Waals surface area contributed by atoms with Crippen LogP contribution in [0.4, 0.5) is 5.69 Å². The van der Waals surface area contributed by atoms with Gasteiger partial charge >= 0.3 is 0 Å². The van der Waals surface area contributed by atoms with Crippen LogP contribution in [0.1, 0.15) is 20.3 Å². The molecular weight excluding hydrogens is 340 g/mol. The zero-order chi connectivity index (χ0) is 15.8. The summed E-state index contributed by atoms with van der Waals surface area (Å²) in [5.41, 5.74) is 0.288. The number of halogens is 1. The van der Waals surface area contributed by atoms with Gasteiger partial charge in [0, 0.05) is 20.2 Å². The molecule has 0 aliphatic heterocycles. The van der Waals surface area contributed by atoms with Gasteiger partial charge in [-0.3, -0.25) is 9.59 Å². The summed E-state index contributed by atoms with van der Waals surface area (Å²) in [5, 5.41) is 9.77. The Morgan fingerprint density at radius 1 is 1.57 bits per heavy atom. The first-order chi connectivity index (χ1) is 10.0. The maximum atomic E-state index is 12.0. The van der Waals surface area contributed by atoms with Crippen LogP contribution in [0.3, 0.4) is 0 Å². The van der Waals surface area contributed by atoms with Crippen molar-refractivity contribution in [1.29, 1.82) is 0 Å². The molecule has 1 atom stereocenters. The number of hydrogen-bond acceptors (Lipinski definition) is 5. The smallest absolute Gasteiger partial charge is 0.283 e. The Labute approximate surface area is 132 Å². The van der Waals surface area contributed by atoms with Gasteiger partial charge in [-0.2, -0.15) is 5.10 Å². The largest absolute Gasteiger partial charge is 0.383 e. The minimum atomic E-state index is -0.485. The lowest BCUT2D eigenvalue weighted by Gasteiger charge is -2.16. The van der Waals surface area contributed by atoms with Crippen LogP contribution in [0, 0.1) is 0 Å². The average Bonchev–Trinajstić information content (AvgIpc) is 2.47. The third-order valence-electron chi connectivity index (χ3n) is 2.79. The second-order valence-electron chi connectivity index (χ2n) is 4.55. The molecule has 0 radical (unpaired) electrons. The topological polar surface area (TPSA) is 85.2 Å². The van der Waals surface area contributed by atoms with Crippen molar-refractivity contribution in [2.75, 3.05) is 25.6 Å². The van der Waals surface area contributed by atoms with E-state index in [0.717, 1.165) is 6.42 Å². The molecule has 1 aromatic heterocycles. The van der Waals surface area contributed by atoms with E-state index in [1.54, 1.807) is 20.2 Å². The number of nitrogens with zero attached hydrogens (tertiary/aromatic N) is 2. The average molecular weight is 361 g/mol. The van der Waals surface area contributed by atoms with E-state index in [1.807, 2.05) is 6.92 Å². The summed E-state index contributed by atoms with van der Waals surface area (Å²) >= 11 is 3.25. The predicted octanol–water partition coefficient (Wildman–Crippen LogP) is 0.979. The zero-order valence-electron chi connectivity index (χ0n) is 12.5. The number of carbonyl (C=O) groups is 1. The van der Waals surface area contributed by atoms with E-state index >= 15 is 0 Å². The normalized spacial score (nSPS) is 12.0. The van der Waals surface area contributed by atoms with Crippen molar-refractivity contribution in [3.63, 3.8) is 0 Å². The van der Waals surface area contributed by atoms with Crippen LogP contribution in [0.5, 0.6) is 0 Å². The number of methoxy groups -OCH3 is 1. The maximum Gasteiger partial charge on any atom is 0.283 e. The van der Waals surface area contributed by atoms with Crippen molar-refractivity contribution in [2.45, 2.75) is 32.9 Å². The van der Waals surface area contributed by atoms with Crippen molar-refractivity contribution in [2.24, 2.45) is 0 Å². The molecule has 118 valence electrons. The van der Waals surface area contributed by atoms with Crippen LogP contribution in [0.2, 0.25) is 0 Å². The molecule has 1 unspecified atom stereocenters. The van der Waals surface area contributed by atoms with Crippen molar-refractivity contribution in [1.82, 2.24) is 15.1 Å². The fraction of sp³-hybridized carbons (Fsp3) is 0.615. The number of carbonyl (C=O) groups excluding carboxylic acids is 1. The molecule has 7 nitrogen and oxygen atoms in total. The molecule has 0 saturated carbocycles. The number of ether oxygens (including phenoxy) is 1. The van der Waals surface area contributed by atoms with Gasteiger partial charge in [-0.15, -0.1) is 0 Å². The van der Waals surface area contributed by atoms with Crippen LogP contribution >= 0.6 is 15.9 Å². The molecule has 1 aromatic rings. The molecule has 1 heterocycles. The van der Waals surface area contributed by atoms with Crippen molar-refractivity contribution in [3.8, 4) is 0 Å². The Morgan fingerprint density at radius 3 is 2.90 bits per heavy atom. The van der Waals surface area contributed by atoms with Gasteiger partial charge < -0.3 is 15.4 Å². The minimum Gasteiger partial charge on any atom is -0.383 e. The first-order valence-corrected chi connectivity index (χ1v) is 7.59. The number of nitrogens with one attached hydrogen (secondary N) is 2. The fourth-order valence-corrected chi connectivity index (χ4v) is 2.09. The van der Waals surface area contributed by atoms with Gasteiger partial charge in [0.2, 0.25) is 5.91 Å². The van der Waals surface area contributed by atoms with E-state index in [1.165, 1.54) is 4.68 Å². The van der Waals surface area contributed by atoms with E-state index in [2.05, 4.69) is 31.7 Å². The number of anilines is 1. The molecule has 0 aliphatic carbocycles. The van der Waals surface area contributed by atoms with E-state index < -0.39 is 6.04 Å². The molecular formula is C13H21BrN4O3. The predicted molar refractivity (Wildman–Crippen MR) is 84.5 cm³/mol. The third kappa shape index (κ3) is 5.13. The number of hydrogen-bond donors (Lipinski definition) is 2. The summed E-state index contributed by atoms with van der Waals surface area (Å²) in [6.07, 6.45) is 2.37. The molecule has 21 heavy (non-hydrogen) atoms. The molecule has 0 aromatic carbocycles. The molecule has 0 bridgehead atoms. The van der Waals surface area contributed by atoms with Gasteiger partial charge in [-0.25, -0.2) is 4.68 Å². The van der Waals surface area contributed by atoms with Gasteiger partial charge in [0.15, 0.2) is 0 Å². The van der Waals surface area contributed by atoms with Crippen LogP contribution < -0.4 is 16.2 Å². The maximum absolute atomic E-state index is 12.0. The van der Waals surface area contributed by atoms with Crippen LogP contribution in [0.25, 0.3) is 0 Å². The molecule has 0 spiro atoms. The molecule has 1 amide bonds. The second-order valence-corrected chi connectivity index (χ2v) is 5.34. The summed E-state index contributed by atoms with van der Waals surface area (Å²) in [4.78, 5) is 23.9. The van der Waals surface area contributed by atoms with Crippen molar-refractivity contribution in [3.05, 3.63) is 21.0 Å². The monoisotopic (exact) mass is 360 g/mol. The zero-order valence-corrected chi connectivity index (χ0v) is 14.1. The van der Waals surface area contributed by atoms with Crippen LogP contribution in [0.15, 0.2) is 15.5 Å². The lowest BCUT2D eigenvalue weighted by molar-refractivity contribution is -0.121. The van der Waals surface area contributed by atoms with Gasteiger partial charge in [0.25, 0.3) is 5.56 Å². The van der Waals surface area contributed by atoms with E-state index in [4.69, 9.17) is 4.74 Å². The SMILES string of the molecule is CCCn1ncc(NC(C)C(=O)NCCOC)c(Br)c1=O. The van der Waals surface area contributed by atoms with E-state index in [9.17, 15) is 9.59 Å². The highest BCUT2D eigenvalue weighted by Crippen LogP contribution is 2.17. The van der Waals surface area contributed by atoms with E-state index in [0.29, 0.717) is 29.9 Å². The number of aromatic nitrogens is 2. The minimum absolute atomic E-state index is 0.170. The molecule has 8 heteroatoms. The Bertz CT molecular complexity index is 533. The summed E-state index contributed by atoms with van der Waals surface area (Å²) in [6.45, 7) is 5.15. The number of rotatable bonds is 8. The highest BCUT2D eigenvalue weighted by Gasteiger charge is 2.15. The van der Waals surface area contributed by atoms with Crippen molar-refractivity contribution >= 4 is 27.5 Å². The highest BCUT2D eigenvalue weighted by atomic mass is 79.9. The molecule has 1 rings (SSSR count). The Morgan fingerprint density at radius 2 is 2.29 bits per heavy atom. The second kappa shape index (κ2) is 8.78. The first-order valence-electron chi connectivity index (χ1n) is 6.80. The standard InChI is InChI=1S/C13H21BrN4O3/c1-4-6-18-13(20)11(14)10(8-16-18)17-9(2)12(19)15-5-7-21-3/h8-9,17H,4-7H2,1-3H3,(H,15,19). The number of aryl methyl sites for hydroxylation is 1. The summed E-state index contributed by atoms with van der Waals surface area (Å²) < 4.78 is 6.63. The van der Waals surface area contributed by atoms with Gasteiger partial charge in [0.05, 0.1) is 18.5 Å². The number of amides is 1. The summed E-state index contributed by atoms with van der Waals surface area (Å²) in [7, 11) is 1.57. The molecule has 0 saturated heterocycles. The highest BCUT2D eigenvalue weighted by molar-refractivity contribution is 9.10. The Hall–Kier alpha value is -1.41. The van der Waals surface area contributed by atoms with Crippen LogP contribution in [-0.4, -0.2) is 42.0 Å².